The van der Waals surface area contributed by atoms with Gasteiger partial charge in [0.25, 0.3) is 11.8 Å². The van der Waals surface area contributed by atoms with E-state index in [1.807, 2.05) is 53.4 Å². The molecule has 4 rings (SSSR count). The number of nitrogens with zero attached hydrogens (tertiary/aromatic N) is 2. The van der Waals surface area contributed by atoms with Crippen molar-refractivity contribution in [2.45, 2.75) is 31.7 Å². The highest BCUT2D eigenvalue weighted by molar-refractivity contribution is 8.18. The second-order valence-electron chi connectivity index (χ2n) is 7.28. The summed E-state index contributed by atoms with van der Waals surface area (Å²) in [6, 6.07) is 17.1. The van der Waals surface area contributed by atoms with E-state index in [2.05, 4.69) is 0 Å². The molecule has 0 spiro atoms. The van der Waals surface area contributed by atoms with Gasteiger partial charge in [0.1, 0.15) is 5.75 Å². The molecule has 2 aromatic carbocycles. The Morgan fingerprint density at radius 3 is 2.50 bits per heavy atom. The monoisotopic (exact) mass is 421 g/mol. The lowest BCUT2D eigenvalue weighted by Crippen LogP contribution is -2.37. The highest BCUT2D eigenvalue weighted by atomic mass is 32.2. The molecule has 154 valence electrons. The van der Waals surface area contributed by atoms with Crippen LogP contribution in [0, 0.1) is 0 Å². The Morgan fingerprint density at radius 1 is 1.13 bits per heavy atom. The van der Waals surface area contributed by atoms with Crippen molar-refractivity contribution < 1.29 is 14.3 Å². The Hall–Kier alpha value is -3.06. The van der Waals surface area contributed by atoms with Gasteiger partial charge in [0, 0.05) is 6.04 Å². The van der Waals surface area contributed by atoms with Gasteiger partial charge >= 0.3 is 0 Å². The van der Waals surface area contributed by atoms with Crippen LogP contribution in [0.25, 0.3) is 6.08 Å². The van der Waals surface area contributed by atoms with Crippen molar-refractivity contribution in [3.05, 3.63) is 65.1 Å². The molecular weight excluding hydrogens is 398 g/mol. The Balaban J connectivity index is 1.58. The first-order valence-corrected chi connectivity index (χ1v) is 10.8. The minimum atomic E-state index is -0.522. The van der Waals surface area contributed by atoms with Crippen molar-refractivity contribution in [2.75, 3.05) is 6.61 Å². The zero-order chi connectivity index (χ0) is 20.9. The molecule has 2 aliphatic rings. The van der Waals surface area contributed by atoms with E-state index in [0.29, 0.717) is 10.7 Å². The van der Waals surface area contributed by atoms with E-state index in [1.165, 1.54) is 11.8 Å². The molecular formula is C23H23N3O3S. The van der Waals surface area contributed by atoms with Crippen LogP contribution in [0.2, 0.25) is 0 Å². The van der Waals surface area contributed by atoms with Gasteiger partial charge in [-0.05, 0) is 60.5 Å². The van der Waals surface area contributed by atoms with E-state index in [1.54, 1.807) is 12.1 Å². The topological polar surface area (TPSA) is 85.0 Å². The first kappa shape index (κ1) is 20.2. The predicted octanol–water partition coefficient (Wildman–Crippen LogP) is 4.10. The lowest BCUT2D eigenvalue weighted by Gasteiger charge is -2.22. The molecule has 0 bridgehead atoms. The Labute approximate surface area is 179 Å². The van der Waals surface area contributed by atoms with Crippen LogP contribution in [-0.2, 0) is 9.59 Å². The van der Waals surface area contributed by atoms with Crippen LogP contribution in [0.1, 0.15) is 31.2 Å². The number of primary amides is 1. The number of aliphatic imine (C=N–C) groups is 1. The standard InChI is InChI=1S/C23H23N3O3S/c24-21(27)15-29-19-12-10-16(11-13-19)14-20-22(28)26(18-8-4-5-9-18)23(30-20)25-17-6-2-1-3-7-17/h1-3,6-7,10-14,18H,4-5,8-9,15H2,(H2,24,27). The fourth-order valence-corrected chi connectivity index (χ4v) is 4.69. The van der Waals surface area contributed by atoms with E-state index in [-0.39, 0.29) is 18.6 Å². The van der Waals surface area contributed by atoms with Crippen LogP contribution in [-0.4, -0.2) is 34.5 Å². The summed E-state index contributed by atoms with van der Waals surface area (Å²) in [6.07, 6.45) is 6.19. The number of benzene rings is 2. The number of carbonyl (C=O) groups is 2. The Bertz CT molecular complexity index is 981. The van der Waals surface area contributed by atoms with Crippen LogP contribution < -0.4 is 10.5 Å². The van der Waals surface area contributed by atoms with Gasteiger partial charge in [-0.2, -0.15) is 0 Å². The summed E-state index contributed by atoms with van der Waals surface area (Å²) < 4.78 is 5.29. The van der Waals surface area contributed by atoms with E-state index in [9.17, 15) is 9.59 Å². The molecule has 0 unspecified atom stereocenters. The third kappa shape index (κ3) is 4.74. The van der Waals surface area contributed by atoms with Crippen molar-refractivity contribution in [2.24, 2.45) is 10.7 Å². The van der Waals surface area contributed by atoms with Crippen LogP contribution in [0.5, 0.6) is 5.75 Å². The van der Waals surface area contributed by atoms with Gasteiger partial charge in [-0.25, -0.2) is 4.99 Å². The average Bonchev–Trinajstić information content (AvgIpc) is 3.37. The van der Waals surface area contributed by atoms with Crippen molar-refractivity contribution >= 4 is 40.5 Å². The molecule has 0 radical (unpaired) electrons. The van der Waals surface area contributed by atoms with Crippen LogP contribution in [0.3, 0.4) is 0 Å². The van der Waals surface area contributed by atoms with Gasteiger partial charge in [0.2, 0.25) is 0 Å². The summed E-state index contributed by atoms with van der Waals surface area (Å²) in [5.41, 5.74) is 6.82. The summed E-state index contributed by atoms with van der Waals surface area (Å²) >= 11 is 1.42. The Kier molecular flexibility index (Phi) is 6.18. The fraction of sp³-hybridized carbons (Fsp3) is 0.261. The number of para-hydroxylation sites is 1. The predicted molar refractivity (Wildman–Crippen MR) is 119 cm³/mol. The number of thioether (sulfide) groups is 1. The van der Waals surface area contributed by atoms with Crippen LogP contribution in [0.15, 0.2) is 64.5 Å². The summed E-state index contributed by atoms with van der Waals surface area (Å²) in [5, 5.41) is 0.741. The molecule has 1 aliphatic carbocycles. The third-order valence-corrected chi connectivity index (χ3v) is 6.05. The highest BCUT2D eigenvalue weighted by Gasteiger charge is 2.39. The normalized spacial score (nSPS) is 19.7. The number of rotatable bonds is 6. The maximum Gasteiger partial charge on any atom is 0.267 e. The number of hydrogen-bond acceptors (Lipinski definition) is 5. The molecule has 0 aromatic heterocycles. The maximum absolute atomic E-state index is 13.2. The highest BCUT2D eigenvalue weighted by Crippen LogP contribution is 2.39. The summed E-state index contributed by atoms with van der Waals surface area (Å²) in [7, 11) is 0. The first-order chi connectivity index (χ1) is 14.6. The zero-order valence-electron chi connectivity index (χ0n) is 16.5. The van der Waals surface area contributed by atoms with Gasteiger partial charge in [-0.15, -0.1) is 0 Å². The number of nitrogens with two attached hydrogens (primary N) is 1. The fourth-order valence-electron chi connectivity index (χ4n) is 3.63. The smallest absolute Gasteiger partial charge is 0.267 e. The molecule has 2 aromatic rings. The van der Waals surface area contributed by atoms with E-state index in [0.717, 1.165) is 42.1 Å². The molecule has 30 heavy (non-hydrogen) atoms. The minimum Gasteiger partial charge on any atom is -0.484 e. The van der Waals surface area contributed by atoms with Crippen molar-refractivity contribution in [3.8, 4) is 5.75 Å². The molecule has 0 atom stereocenters. The summed E-state index contributed by atoms with van der Waals surface area (Å²) in [6.45, 7) is -0.162. The molecule has 6 nitrogen and oxygen atoms in total. The second kappa shape index (κ2) is 9.17. The van der Waals surface area contributed by atoms with Gasteiger partial charge in [0.05, 0.1) is 10.6 Å². The molecule has 7 heteroatoms. The number of amides is 2. The maximum atomic E-state index is 13.2. The lowest BCUT2D eigenvalue weighted by atomic mass is 10.2. The first-order valence-electron chi connectivity index (χ1n) is 9.98. The summed E-state index contributed by atoms with van der Waals surface area (Å²) in [4.78, 5) is 31.4. The second-order valence-corrected chi connectivity index (χ2v) is 8.29. The Morgan fingerprint density at radius 2 is 1.83 bits per heavy atom. The number of amidine groups is 1. The average molecular weight is 422 g/mol. The molecule has 1 aliphatic heterocycles. The number of hydrogen-bond donors (Lipinski definition) is 1. The lowest BCUT2D eigenvalue weighted by molar-refractivity contribution is -0.123. The van der Waals surface area contributed by atoms with Gasteiger partial charge in [0.15, 0.2) is 11.8 Å². The molecule has 2 amide bonds. The molecule has 1 saturated heterocycles. The van der Waals surface area contributed by atoms with Crippen LogP contribution >= 0.6 is 11.8 Å². The largest absolute Gasteiger partial charge is 0.484 e. The van der Waals surface area contributed by atoms with E-state index < -0.39 is 5.91 Å². The minimum absolute atomic E-state index is 0.00985. The van der Waals surface area contributed by atoms with Crippen molar-refractivity contribution in [1.82, 2.24) is 4.90 Å². The quantitative estimate of drug-likeness (QED) is 0.712. The molecule has 2 fully saturated rings. The molecule has 1 saturated carbocycles. The molecule has 2 N–H and O–H groups in total. The van der Waals surface area contributed by atoms with Crippen molar-refractivity contribution in [1.29, 1.82) is 0 Å². The van der Waals surface area contributed by atoms with Crippen LogP contribution in [0.4, 0.5) is 5.69 Å². The zero-order valence-corrected chi connectivity index (χ0v) is 17.3. The van der Waals surface area contributed by atoms with Gasteiger partial charge < -0.3 is 10.5 Å². The SMILES string of the molecule is NC(=O)COc1ccc(C=C2SC(=Nc3ccccc3)N(C3CCCC3)C2=O)cc1. The number of carbonyl (C=O) groups excluding carboxylic acids is 2. The number of ether oxygens (including phenoxy) is 1. The van der Waals surface area contributed by atoms with Gasteiger partial charge in [-0.1, -0.05) is 43.2 Å². The third-order valence-electron chi connectivity index (χ3n) is 5.07. The van der Waals surface area contributed by atoms with Gasteiger partial charge in [-0.3, -0.25) is 14.5 Å². The van der Waals surface area contributed by atoms with E-state index in [4.69, 9.17) is 15.5 Å². The molecule has 1 heterocycles. The van der Waals surface area contributed by atoms with Crippen molar-refractivity contribution in [3.63, 3.8) is 0 Å². The summed E-state index contributed by atoms with van der Waals surface area (Å²) in [5.74, 6) is 0.0438. The van der Waals surface area contributed by atoms with E-state index >= 15 is 0 Å².